The van der Waals surface area contributed by atoms with Gasteiger partial charge in [-0.1, -0.05) is 25.1 Å². The van der Waals surface area contributed by atoms with Crippen molar-refractivity contribution in [2.45, 2.75) is 69.8 Å². The van der Waals surface area contributed by atoms with E-state index in [1.165, 1.54) is 6.20 Å². The van der Waals surface area contributed by atoms with Gasteiger partial charge in [0, 0.05) is 18.7 Å². The minimum Gasteiger partial charge on any atom is -0.462 e. The third-order valence-corrected chi connectivity index (χ3v) is 7.85. The molecule has 3 N–H and O–H groups in total. The van der Waals surface area contributed by atoms with Crippen molar-refractivity contribution in [1.29, 1.82) is 0 Å². The molecule has 0 radical (unpaired) electrons. The van der Waals surface area contributed by atoms with E-state index < -0.39 is 61.7 Å². The number of rotatable bonds is 11. The molecule has 0 amide bonds. The summed E-state index contributed by atoms with van der Waals surface area (Å²) in [5.41, 5.74) is -2.58. The van der Waals surface area contributed by atoms with Crippen molar-refractivity contribution in [1.82, 2.24) is 14.6 Å². The molecule has 2 aliphatic heterocycles. The Kier molecular flexibility index (Phi) is 8.55. The molecule has 208 valence electrons. The van der Waals surface area contributed by atoms with Crippen LogP contribution < -0.4 is 20.9 Å². The van der Waals surface area contributed by atoms with Crippen LogP contribution in [0, 0.1) is 0 Å². The van der Waals surface area contributed by atoms with Gasteiger partial charge in [-0.2, -0.15) is 5.09 Å². The zero-order valence-electron chi connectivity index (χ0n) is 21.3. The molecule has 2 unspecified atom stereocenters. The normalized spacial score (nSPS) is 27.0. The first kappa shape index (κ1) is 28.2. The third kappa shape index (κ3) is 5.93. The van der Waals surface area contributed by atoms with E-state index >= 15 is 0 Å². The first-order valence-corrected chi connectivity index (χ1v) is 13.9. The van der Waals surface area contributed by atoms with Crippen molar-refractivity contribution >= 4 is 13.7 Å². The number of carbonyl (C=O) groups is 1. The molecule has 1 spiro atoms. The number of hydrogen-bond acceptors (Lipinski definition) is 10. The number of benzene rings is 1. The van der Waals surface area contributed by atoms with Gasteiger partial charge >= 0.3 is 19.4 Å². The first-order valence-electron chi connectivity index (χ1n) is 12.3. The molecule has 3 heterocycles. The number of H-pyrrole nitrogens is 1. The van der Waals surface area contributed by atoms with E-state index in [2.05, 4.69) is 10.1 Å². The maximum Gasteiger partial charge on any atom is 0.459 e. The van der Waals surface area contributed by atoms with Crippen LogP contribution in [0.25, 0.3) is 0 Å². The highest BCUT2D eigenvalue weighted by atomic mass is 31.2. The number of esters is 1. The average Bonchev–Trinajstić information content (AvgIpc) is 3.14. The Morgan fingerprint density at radius 3 is 2.58 bits per heavy atom. The first-order chi connectivity index (χ1) is 18.1. The third-order valence-electron chi connectivity index (χ3n) is 6.28. The molecule has 2 aliphatic rings. The highest BCUT2D eigenvalue weighted by Gasteiger charge is 2.62. The number of nitrogens with one attached hydrogen (secondary N) is 2. The number of carbonyl (C=O) groups excluding carboxylic acids is 1. The Bertz CT molecular complexity index is 1280. The monoisotopic (exact) mass is 553 g/mol. The van der Waals surface area contributed by atoms with Gasteiger partial charge in [0.1, 0.15) is 29.6 Å². The van der Waals surface area contributed by atoms with E-state index in [1.807, 2.05) is 0 Å². The van der Waals surface area contributed by atoms with Crippen LogP contribution in [0.5, 0.6) is 5.75 Å². The maximum absolute atomic E-state index is 13.9. The number of para-hydroxylation sites is 1. The number of aromatic amines is 1. The van der Waals surface area contributed by atoms with E-state index in [-0.39, 0.29) is 18.3 Å². The zero-order valence-corrected chi connectivity index (χ0v) is 22.2. The number of aliphatic hydroxyl groups is 1. The van der Waals surface area contributed by atoms with E-state index in [9.17, 15) is 24.1 Å². The summed E-state index contributed by atoms with van der Waals surface area (Å²) in [6, 6.07) is 8.40. The largest absolute Gasteiger partial charge is 0.462 e. The molecule has 14 heteroatoms. The Morgan fingerprint density at radius 1 is 1.29 bits per heavy atom. The molecular weight excluding hydrogens is 521 g/mol. The molecule has 1 aromatic heterocycles. The van der Waals surface area contributed by atoms with Crippen molar-refractivity contribution in [3.8, 4) is 5.75 Å². The molecule has 2 aromatic rings. The second-order valence-electron chi connectivity index (χ2n) is 9.32. The molecule has 6 atom stereocenters. The van der Waals surface area contributed by atoms with E-state index in [0.717, 1.165) is 10.6 Å². The van der Waals surface area contributed by atoms with Crippen LogP contribution in [0.1, 0.15) is 39.8 Å². The van der Waals surface area contributed by atoms with Gasteiger partial charge in [-0.25, -0.2) is 9.36 Å². The Balaban J connectivity index is 1.55. The number of nitrogens with zero attached hydrogens (tertiary/aromatic N) is 1. The number of hydrogen-bond donors (Lipinski definition) is 3. The lowest BCUT2D eigenvalue weighted by Gasteiger charge is -2.44. The van der Waals surface area contributed by atoms with Crippen LogP contribution in [0.3, 0.4) is 0 Å². The van der Waals surface area contributed by atoms with Crippen LogP contribution in [-0.4, -0.2) is 63.8 Å². The molecule has 2 fully saturated rings. The lowest BCUT2D eigenvalue weighted by Crippen LogP contribution is -2.57. The topological polar surface area (TPSA) is 167 Å². The summed E-state index contributed by atoms with van der Waals surface area (Å²) in [7, 11) is -4.23. The van der Waals surface area contributed by atoms with Crippen molar-refractivity contribution in [3.63, 3.8) is 0 Å². The van der Waals surface area contributed by atoms with E-state index in [1.54, 1.807) is 51.1 Å². The molecule has 0 aliphatic carbocycles. The fraction of sp³-hybridized carbons (Fsp3) is 0.542. The zero-order chi connectivity index (χ0) is 27.5. The maximum atomic E-state index is 13.9. The Hall–Kier alpha value is -2.80. The highest BCUT2D eigenvalue weighted by molar-refractivity contribution is 7.52. The van der Waals surface area contributed by atoms with Crippen molar-refractivity contribution < 1.29 is 37.7 Å². The van der Waals surface area contributed by atoms with Gasteiger partial charge in [0.2, 0.25) is 0 Å². The summed E-state index contributed by atoms with van der Waals surface area (Å²) < 4.78 is 43.3. The summed E-state index contributed by atoms with van der Waals surface area (Å²) in [6.45, 7) is 4.99. The van der Waals surface area contributed by atoms with Crippen molar-refractivity contribution in [2.75, 3.05) is 13.2 Å². The summed E-state index contributed by atoms with van der Waals surface area (Å²) in [5.74, 6) is -0.403. The second-order valence-corrected chi connectivity index (χ2v) is 11.0. The van der Waals surface area contributed by atoms with Gasteiger partial charge in [-0.15, -0.1) is 0 Å². The van der Waals surface area contributed by atoms with Gasteiger partial charge in [0.05, 0.1) is 19.3 Å². The fourth-order valence-electron chi connectivity index (χ4n) is 4.32. The molecule has 4 rings (SSSR count). The van der Waals surface area contributed by atoms with Crippen LogP contribution in [0.15, 0.2) is 52.2 Å². The predicted octanol–water partition coefficient (Wildman–Crippen LogP) is 1.48. The smallest absolute Gasteiger partial charge is 0.459 e. The standard InChI is InChI=1S/C24H32N3O10P/c1-4-17(21(30)35-15(2)3)26-38(32,37-16-8-6-5-7-9-16)34-14-18-20(29)24(11-13-33-24)22(36-18)27-12-10-19(28)25-23(27)31/h5-10,12,15,17-18,20,22,29H,4,11,13-14H2,1-3H3,(H,26,32)(H,25,28,31)/t17?,18-,20-,22-,24-,38?/m1/s1. The molecule has 13 nitrogen and oxygen atoms in total. The molecule has 2 saturated heterocycles. The number of aliphatic hydroxyl groups excluding tert-OH is 1. The average molecular weight is 554 g/mol. The predicted molar refractivity (Wildman–Crippen MR) is 134 cm³/mol. The SMILES string of the molecule is CCC(NP(=O)(OC[C@H]1O[C@@H](n2ccc(=O)[nH]c2=O)[C@@]2(CCO2)[C@@H]1O)Oc1ccccc1)C(=O)OC(C)C. The van der Waals surface area contributed by atoms with Gasteiger partial charge < -0.3 is 23.8 Å². The summed E-state index contributed by atoms with van der Waals surface area (Å²) in [4.78, 5) is 38.7. The van der Waals surface area contributed by atoms with Crippen LogP contribution >= 0.6 is 7.75 Å². The summed E-state index contributed by atoms with van der Waals surface area (Å²) in [5, 5.41) is 13.7. The molecular formula is C24H32N3O10P. The van der Waals surface area contributed by atoms with Crippen LogP contribution in [-0.2, 0) is 28.1 Å². The minimum absolute atomic E-state index is 0.222. The Labute approximate surface area is 218 Å². The quantitative estimate of drug-likeness (QED) is 0.272. The van der Waals surface area contributed by atoms with E-state index in [4.69, 9.17) is 23.3 Å². The fourth-order valence-corrected chi connectivity index (χ4v) is 5.91. The minimum atomic E-state index is -4.23. The number of aromatic nitrogens is 2. The van der Waals surface area contributed by atoms with Crippen molar-refractivity contribution in [3.05, 3.63) is 63.4 Å². The van der Waals surface area contributed by atoms with Gasteiger partial charge in [-0.3, -0.25) is 23.7 Å². The van der Waals surface area contributed by atoms with Gasteiger partial charge in [-0.05, 0) is 32.4 Å². The van der Waals surface area contributed by atoms with E-state index in [0.29, 0.717) is 13.0 Å². The van der Waals surface area contributed by atoms with Crippen molar-refractivity contribution in [2.24, 2.45) is 0 Å². The molecule has 38 heavy (non-hydrogen) atoms. The molecule has 1 aromatic carbocycles. The second kappa shape index (κ2) is 11.5. The summed E-state index contributed by atoms with van der Waals surface area (Å²) in [6.07, 6.45) is -1.96. The van der Waals surface area contributed by atoms with Crippen LogP contribution in [0.4, 0.5) is 0 Å². The number of ether oxygens (including phenoxy) is 3. The lowest BCUT2D eigenvalue weighted by molar-refractivity contribution is -0.227. The summed E-state index contributed by atoms with van der Waals surface area (Å²) >= 11 is 0. The van der Waals surface area contributed by atoms with Gasteiger partial charge in [0.25, 0.3) is 5.56 Å². The van der Waals surface area contributed by atoms with Crippen LogP contribution in [0.2, 0.25) is 0 Å². The van der Waals surface area contributed by atoms with Gasteiger partial charge in [0.15, 0.2) is 6.23 Å². The Morgan fingerprint density at radius 2 is 2.00 bits per heavy atom. The highest BCUT2D eigenvalue weighted by Crippen LogP contribution is 2.50. The molecule has 0 saturated carbocycles. The molecule has 0 bridgehead atoms. The lowest BCUT2D eigenvalue weighted by atomic mass is 9.86.